The molecule has 0 saturated heterocycles. The quantitative estimate of drug-likeness (QED) is 0.462. The van der Waals surface area contributed by atoms with Crippen molar-refractivity contribution in [1.29, 1.82) is 0 Å². The fraction of sp³-hybridized carbons (Fsp3) is 1.00. The highest BCUT2D eigenvalue weighted by molar-refractivity contribution is 4.60. The molecule has 0 saturated carbocycles. The van der Waals surface area contributed by atoms with Crippen molar-refractivity contribution < 1.29 is 0 Å². The average Bonchev–Trinajstić information content (AvgIpc) is 2.23. The second kappa shape index (κ2) is 9.24. The van der Waals surface area contributed by atoms with E-state index in [1.807, 2.05) is 0 Å². The van der Waals surface area contributed by atoms with E-state index in [2.05, 4.69) is 34.6 Å². The van der Waals surface area contributed by atoms with Gasteiger partial charge in [-0.2, -0.15) is 0 Å². The molecule has 0 heteroatoms. The van der Waals surface area contributed by atoms with Crippen LogP contribution in [0.2, 0.25) is 0 Å². The normalized spacial score (nSPS) is 17.4. The molecule has 0 radical (unpaired) electrons. The SMILES string of the molecule is CCCC(C)CCC(C)CCC(C)CC. The molecular weight excluding hydrogens is 180 g/mol. The molecule has 0 bridgehead atoms. The summed E-state index contributed by atoms with van der Waals surface area (Å²) >= 11 is 0. The lowest BCUT2D eigenvalue weighted by Crippen LogP contribution is -2.02. The van der Waals surface area contributed by atoms with Gasteiger partial charge in [-0.1, -0.05) is 79.6 Å². The molecule has 92 valence electrons. The summed E-state index contributed by atoms with van der Waals surface area (Å²) < 4.78 is 0. The van der Waals surface area contributed by atoms with Gasteiger partial charge in [-0.25, -0.2) is 0 Å². The minimum atomic E-state index is 0.931. The Morgan fingerprint density at radius 2 is 1.00 bits per heavy atom. The lowest BCUT2D eigenvalue weighted by molar-refractivity contribution is 0.363. The van der Waals surface area contributed by atoms with Crippen molar-refractivity contribution in [3.8, 4) is 0 Å². The molecule has 0 nitrogen and oxygen atoms in total. The van der Waals surface area contributed by atoms with Gasteiger partial charge in [-0.05, 0) is 17.8 Å². The van der Waals surface area contributed by atoms with E-state index < -0.39 is 0 Å². The van der Waals surface area contributed by atoms with Crippen molar-refractivity contribution in [2.24, 2.45) is 17.8 Å². The van der Waals surface area contributed by atoms with Crippen LogP contribution in [0.3, 0.4) is 0 Å². The van der Waals surface area contributed by atoms with E-state index in [4.69, 9.17) is 0 Å². The van der Waals surface area contributed by atoms with Crippen LogP contribution in [0.4, 0.5) is 0 Å². The van der Waals surface area contributed by atoms with Crippen LogP contribution >= 0.6 is 0 Å². The molecule has 0 amide bonds. The Morgan fingerprint density at radius 1 is 0.600 bits per heavy atom. The van der Waals surface area contributed by atoms with Gasteiger partial charge in [0, 0.05) is 0 Å². The molecule has 0 aliphatic heterocycles. The highest BCUT2D eigenvalue weighted by Gasteiger charge is 2.07. The van der Waals surface area contributed by atoms with Crippen molar-refractivity contribution in [2.45, 2.75) is 79.6 Å². The van der Waals surface area contributed by atoms with Crippen molar-refractivity contribution in [1.82, 2.24) is 0 Å². The number of hydrogen-bond donors (Lipinski definition) is 0. The topological polar surface area (TPSA) is 0 Å². The summed E-state index contributed by atoms with van der Waals surface area (Å²) in [6.45, 7) is 11.8. The zero-order chi connectivity index (χ0) is 11.7. The Hall–Kier alpha value is 0. The number of hydrogen-bond acceptors (Lipinski definition) is 0. The van der Waals surface area contributed by atoms with E-state index in [0.717, 1.165) is 17.8 Å². The Labute approximate surface area is 97.8 Å². The molecule has 0 aromatic heterocycles. The maximum atomic E-state index is 2.43. The first-order chi connectivity index (χ1) is 7.10. The molecule has 0 spiro atoms. The Bertz CT molecular complexity index is 128. The van der Waals surface area contributed by atoms with Crippen LogP contribution in [0.25, 0.3) is 0 Å². The van der Waals surface area contributed by atoms with Gasteiger partial charge in [0.2, 0.25) is 0 Å². The summed E-state index contributed by atoms with van der Waals surface area (Å²) in [5.74, 6) is 2.82. The van der Waals surface area contributed by atoms with Gasteiger partial charge in [-0.15, -0.1) is 0 Å². The third kappa shape index (κ3) is 8.96. The predicted molar refractivity (Wildman–Crippen MR) is 71.2 cm³/mol. The second-order valence-corrected chi connectivity index (χ2v) is 5.67. The van der Waals surface area contributed by atoms with Gasteiger partial charge in [0.1, 0.15) is 0 Å². The number of rotatable bonds is 9. The molecular formula is C15H32. The van der Waals surface area contributed by atoms with Crippen molar-refractivity contribution >= 4 is 0 Å². The predicted octanol–water partition coefficient (Wildman–Crippen LogP) is 5.67. The maximum absolute atomic E-state index is 2.43. The molecule has 3 atom stereocenters. The Kier molecular flexibility index (Phi) is 9.24. The summed E-state index contributed by atoms with van der Waals surface area (Å²) in [6, 6.07) is 0. The first-order valence-electron chi connectivity index (χ1n) is 7.10. The molecule has 15 heavy (non-hydrogen) atoms. The van der Waals surface area contributed by atoms with Gasteiger partial charge in [0.15, 0.2) is 0 Å². The Balaban J connectivity index is 3.44. The van der Waals surface area contributed by atoms with Gasteiger partial charge < -0.3 is 0 Å². The fourth-order valence-corrected chi connectivity index (χ4v) is 2.12. The lowest BCUT2D eigenvalue weighted by Gasteiger charge is -2.16. The van der Waals surface area contributed by atoms with Crippen LogP contribution in [0.5, 0.6) is 0 Å². The minimum Gasteiger partial charge on any atom is -0.0654 e. The highest BCUT2D eigenvalue weighted by Crippen LogP contribution is 2.22. The molecule has 0 aromatic carbocycles. The fourth-order valence-electron chi connectivity index (χ4n) is 2.12. The van der Waals surface area contributed by atoms with Crippen LogP contribution in [0, 0.1) is 17.8 Å². The third-order valence-electron chi connectivity index (χ3n) is 3.78. The lowest BCUT2D eigenvalue weighted by atomic mass is 9.90. The Morgan fingerprint density at radius 3 is 1.40 bits per heavy atom. The molecule has 3 unspecified atom stereocenters. The van der Waals surface area contributed by atoms with Gasteiger partial charge in [0.25, 0.3) is 0 Å². The van der Waals surface area contributed by atoms with E-state index in [9.17, 15) is 0 Å². The molecule has 0 aliphatic rings. The van der Waals surface area contributed by atoms with Crippen LogP contribution < -0.4 is 0 Å². The summed E-state index contributed by atoms with van der Waals surface area (Å²) in [7, 11) is 0. The van der Waals surface area contributed by atoms with E-state index in [-0.39, 0.29) is 0 Å². The second-order valence-electron chi connectivity index (χ2n) is 5.67. The summed E-state index contributed by atoms with van der Waals surface area (Å²) in [5.41, 5.74) is 0. The van der Waals surface area contributed by atoms with Crippen LogP contribution in [0.15, 0.2) is 0 Å². The van der Waals surface area contributed by atoms with Crippen LogP contribution in [-0.4, -0.2) is 0 Å². The van der Waals surface area contributed by atoms with Gasteiger partial charge >= 0.3 is 0 Å². The summed E-state index contributed by atoms with van der Waals surface area (Å²) in [5, 5.41) is 0. The zero-order valence-electron chi connectivity index (χ0n) is 11.7. The smallest absolute Gasteiger partial charge is 0.0443 e. The van der Waals surface area contributed by atoms with Gasteiger partial charge in [-0.3, -0.25) is 0 Å². The van der Waals surface area contributed by atoms with Crippen molar-refractivity contribution in [3.63, 3.8) is 0 Å². The maximum Gasteiger partial charge on any atom is -0.0443 e. The van der Waals surface area contributed by atoms with E-state index >= 15 is 0 Å². The molecule has 0 heterocycles. The largest absolute Gasteiger partial charge is 0.0654 e. The standard InChI is InChI=1S/C15H32/c1-6-8-14(4)11-12-15(5)10-9-13(3)7-2/h13-15H,6-12H2,1-5H3. The molecule has 0 fully saturated rings. The van der Waals surface area contributed by atoms with Crippen molar-refractivity contribution in [2.75, 3.05) is 0 Å². The minimum absolute atomic E-state index is 0.931. The van der Waals surface area contributed by atoms with Gasteiger partial charge in [0.05, 0.1) is 0 Å². The van der Waals surface area contributed by atoms with Crippen LogP contribution in [0.1, 0.15) is 79.6 Å². The van der Waals surface area contributed by atoms with Crippen LogP contribution in [-0.2, 0) is 0 Å². The highest BCUT2D eigenvalue weighted by atomic mass is 14.1. The van der Waals surface area contributed by atoms with E-state index in [1.165, 1.54) is 44.9 Å². The zero-order valence-corrected chi connectivity index (χ0v) is 11.7. The average molecular weight is 212 g/mol. The summed E-state index contributed by atoms with van der Waals surface area (Å²) in [4.78, 5) is 0. The first kappa shape index (κ1) is 15.0. The van der Waals surface area contributed by atoms with E-state index in [0.29, 0.717) is 0 Å². The summed E-state index contributed by atoms with van der Waals surface area (Å²) in [6.07, 6.45) is 9.86. The monoisotopic (exact) mass is 212 g/mol. The molecule has 0 N–H and O–H groups in total. The molecule has 0 rings (SSSR count). The third-order valence-corrected chi connectivity index (χ3v) is 3.78. The van der Waals surface area contributed by atoms with E-state index in [1.54, 1.807) is 0 Å². The molecule has 0 aliphatic carbocycles. The first-order valence-corrected chi connectivity index (χ1v) is 7.10. The molecule has 0 aromatic rings. The van der Waals surface area contributed by atoms with Crippen molar-refractivity contribution in [3.05, 3.63) is 0 Å².